The van der Waals surface area contributed by atoms with Gasteiger partial charge in [0.15, 0.2) is 5.82 Å². The molecule has 2 saturated carbocycles. The number of esters is 1. The van der Waals surface area contributed by atoms with Gasteiger partial charge in [-0.1, -0.05) is 69.3 Å². The maximum atomic E-state index is 15.0. The quantitative estimate of drug-likeness (QED) is 0.116. The van der Waals surface area contributed by atoms with E-state index >= 15 is 4.79 Å². The summed E-state index contributed by atoms with van der Waals surface area (Å²) in [5, 5.41) is 20.0. The number of aromatic nitrogens is 7. The Balaban J connectivity index is 1.26. The van der Waals surface area contributed by atoms with E-state index in [-0.39, 0.29) is 47.4 Å². The minimum Gasteiger partial charge on any atom is -0.463 e. The lowest BCUT2D eigenvalue weighted by Crippen LogP contribution is -2.47. The van der Waals surface area contributed by atoms with Gasteiger partial charge in [0, 0.05) is 5.56 Å². The Morgan fingerprint density at radius 3 is 2.43 bits per heavy atom. The lowest BCUT2D eigenvalue weighted by Gasteiger charge is -2.35. The highest BCUT2D eigenvalue weighted by molar-refractivity contribution is 6.32. The van der Waals surface area contributed by atoms with E-state index in [4.69, 9.17) is 16.3 Å². The van der Waals surface area contributed by atoms with E-state index < -0.39 is 65.7 Å². The number of tetrazole rings is 1. The SMILES string of the molecule is C=C1N[C@](CC(C)(C)C)(c2ccc(-c3nnn(C4CC4)n3)cc2)C(=O)N1[C@H](COC(=O)CC1(C(F)(F)F)CC1)c1ccc(Cl)c(-n2ncnc2C(F)F)c1. The second-order valence-corrected chi connectivity index (χ2v) is 15.7. The summed E-state index contributed by atoms with van der Waals surface area (Å²) < 4.78 is 75.3. The first kappa shape index (κ1) is 37.4. The van der Waals surface area contributed by atoms with Crippen LogP contribution >= 0.6 is 11.6 Å². The van der Waals surface area contributed by atoms with Crippen LogP contribution in [-0.2, 0) is 19.9 Å². The van der Waals surface area contributed by atoms with Crippen molar-refractivity contribution in [2.24, 2.45) is 10.8 Å². The third kappa shape index (κ3) is 7.05. The standard InChI is InChI=1S/C36H37ClF5N9O3/c1-20-45-35(18-33(2,3)4,23-8-5-21(6-9-23)30-46-48-51(47-30)24-10-11-24)32(53)49(20)27(17-54-28(52)16-34(13-14-34)36(40,41)42)22-7-12-25(37)26(15-22)50-31(29(38)39)43-19-44-50/h5-9,12,15,19,24,27,29,45H,1,10-11,13-14,16-18H2,2-4H3/t27-,35-/m1/s1. The number of ether oxygens (including phenoxy) is 1. The molecule has 1 N–H and O–H groups in total. The van der Waals surface area contributed by atoms with Crippen molar-refractivity contribution in [1.29, 1.82) is 0 Å². The number of carbonyl (C=O) groups is 2. The fraction of sp³-hybridized carbons (Fsp3) is 0.472. The predicted molar refractivity (Wildman–Crippen MR) is 184 cm³/mol. The van der Waals surface area contributed by atoms with Gasteiger partial charge in [-0.15, -0.1) is 10.2 Å². The molecule has 286 valence electrons. The zero-order valence-corrected chi connectivity index (χ0v) is 30.3. The van der Waals surface area contributed by atoms with E-state index in [2.05, 4.69) is 37.4 Å². The van der Waals surface area contributed by atoms with Gasteiger partial charge in [-0.25, -0.2) is 18.4 Å². The molecule has 54 heavy (non-hydrogen) atoms. The van der Waals surface area contributed by atoms with Crippen LogP contribution in [0.25, 0.3) is 17.1 Å². The summed E-state index contributed by atoms with van der Waals surface area (Å²) in [6, 6.07) is 10.5. The average molecular weight is 774 g/mol. The molecule has 2 aromatic carbocycles. The topological polar surface area (TPSA) is 133 Å². The van der Waals surface area contributed by atoms with Gasteiger partial charge < -0.3 is 10.1 Å². The van der Waals surface area contributed by atoms with Crippen molar-refractivity contribution >= 4 is 23.5 Å². The molecular weight excluding hydrogens is 737 g/mol. The predicted octanol–water partition coefficient (Wildman–Crippen LogP) is 7.40. The van der Waals surface area contributed by atoms with E-state index in [0.717, 1.165) is 23.9 Å². The van der Waals surface area contributed by atoms with Crippen LogP contribution in [0.4, 0.5) is 22.0 Å². The van der Waals surface area contributed by atoms with Crippen LogP contribution < -0.4 is 5.32 Å². The van der Waals surface area contributed by atoms with Crippen LogP contribution in [-0.4, -0.2) is 64.5 Å². The molecule has 3 fully saturated rings. The van der Waals surface area contributed by atoms with Crippen LogP contribution in [0.15, 0.2) is 61.2 Å². The van der Waals surface area contributed by atoms with Gasteiger partial charge in [-0.2, -0.15) is 23.1 Å². The van der Waals surface area contributed by atoms with Crippen LogP contribution in [0.3, 0.4) is 0 Å². The minimum atomic E-state index is -4.59. The Kier molecular flexibility index (Phi) is 9.29. The summed E-state index contributed by atoms with van der Waals surface area (Å²) in [5.74, 6) is -1.75. The number of rotatable bonds is 12. The van der Waals surface area contributed by atoms with Gasteiger partial charge >= 0.3 is 12.1 Å². The third-order valence-electron chi connectivity index (χ3n) is 9.97. The summed E-state index contributed by atoms with van der Waals surface area (Å²) in [6.45, 7) is 9.44. The first-order valence-electron chi connectivity index (χ1n) is 17.3. The maximum Gasteiger partial charge on any atom is 0.395 e. The van der Waals surface area contributed by atoms with Crippen molar-refractivity contribution < 1.29 is 36.3 Å². The molecule has 0 radical (unpaired) electrons. The Morgan fingerprint density at radius 1 is 1.11 bits per heavy atom. The molecule has 3 aliphatic rings. The van der Waals surface area contributed by atoms with Gasteiger partial charge in [0.2, 0.25) is 5.82 Å². The molecule has 1 amide bonds. The summed E-state index contributed by atoms with van der Waals surface area (Å²) in [7, 11) is 0. The molecule has 0 spiro atoms. The van der Waals surface area contributed by atoms with E-state index in [1.54, 1.807) is 29.1 Å². The molecule has 18 heteroatoms. The number of benzene rings is 2. The third-order valence-corrected chi connectivity index (χ3v) is 10.3. The minimum absolute atomic E-state index is 0.0127. The van der Waals surface area contributed by atoms with Crippen LogP contribution in [0.5, 0.6) is 0 Å². The summed E-state index contributed by atoms with van der Waals surface area (Å²) in [6.07, 6.45) is -5.72. The average Bonchev–Trinajstić information content (AvgIpc) is 3.97. The van der Waals surface area contributed by atoms with Crippen molar-refractivity contribution in [2.75, 3.05) is 6.61 Å². The summed E-state index contributed by atoms with van der Waals surface area (Å²) >= 11 is 6.46. The van der Waals surface area contributed by atoms with E-state index in [9.17, 15) is 26.7 Å². The number of alkyl halides is 5. The van der Waals surface area contributed by atoms with Crippen molar-refractivity contribution in [3.05, 3.63) is 83.2 Å². The highest BCUT2D eigenvalue weighted by atomic mass is 35.5. The molecule has 2 aromatic heterocycles. The van der Waals surface area contributed by atoms with Gasteiger partial charge in [0.25, 0.3) is 12.3 Å². The van der Waals surface area contributed by atoms with Crippen molar-refractivity contribution in [3.63, 3.8) is 0 Å². The van der Waals surface area contributed by atoms with Crippen LogP contribution in [0.2, 0.25) is 5.02 Å². The largest absolute Gasteiger partial charge is 0.463 e. The molecule has 2 aliphatic carbocycles. The second-order valence-electron chi connectivity index (χ2n) is 15.3. The number of nitrogens with zero attached hydrogens (tertiary/aromatic N) is 8. The molecule has 4 aromatic rings. The second kappa shape index (κ2) is 13.4. The van der Waals surface area contributed by atoms with Crippen molar-refractivity contribution in [3.8, 4) is 17.1 Å². The fourth-order valence-corrected chi connectivity index (χ4v) is 7.15. The highest BCUT2D eigenvalue weighted by Crippen LogP contribution is 2.60. The number of halogens is 6. The monoisotopic (exact) mass is 773 g/mol. The lowest BCUT2D eigenvalue weighted by atomic mass is 9.75. The van der Waals surface area contributed by atoms with Crippen LogP contribution in [0, 0.1) is 10.8 Å². The molecule has 3 heterocycles. The highest BCUT2D eigenvalue weighted by Gasteiger charge is 2.64. The Labute approximate surface area is 311 Å². The smallest absolute Gasteiger partial charge is 0.395 e. The zero-order chi connectivity index (χ0) is 38.8. The molecule has 1 saturated heterocycles. The fourth-order valence-electron chi connectivity index (χ4n) is 6.95. The number of hydrogen-bond acceptors (Lipinski definition) is 9. The Hall–Kier alpha value is -4.93. The van der Waals surface area contributed by atoms with Gasteiger partial charge in [-0.3, -0.25) is 14.5 Å². The van der Waals surface area contributed by atoms with E-state index in [0.29, 0.717) is 17.0 Å². The normalized spacial score (nSPS) is 20.4. The first-order valence-corrected chi connectivity index (χ1v) is 17.7. The summed E-state index contributed by atoms with van der Waals surface area (Å²) in [4.78, 5) is 34.6. The van der Waals surface area contributed by atoms with Gasteiger partial charge in [0.05, 0.1) is 34.6 Å². The zero-order valence-electron chi connectivity index (χ0n) is 29.6. The Morgan fingerprint density at radius 2 is 1.81 bits per heavy atom. The van der Waals surface area contributed by atoms with Crippen molar-refractivity contribution in [2.45, 2.75) is 89.5 Å². The van der Waals surface area contributed by atoms with E-state index in [1.807, 2.05) is 20.8 Å². The number of amides is 1. The molecule has 2 atom stereocenters. The van der Waals surface area contributed by atoms with E-state index in [1.165, 1.54) is 23.1 Å². The lowest BCUT2D eigenvalue weighted by molar-refractivity contribution is -0.195. The van der Waals surface area contributed by atoms with Crippen LogP contribution in [0.1, 0.15) is 94.8 Å². The molecule has 0 bridgehead atoms. The van der Waals surface area contributed by atoms with Crippen molar-refractivity contribution in [1.82, 2.24) is 45.2 Å². The molecule has 1 aliphatic heterocycles. The Bertz CT molecular complexity index is 2090. The molecule has 7 rings (SSSR count). The number of carbonyl (C=O) groups excluding carboxylic acids is 2. The molecule has 12 nitrogen and oxygen atoms in total. The van der Waals surface area contributed by atoms with Gasteiger partial charge in [-0.05, 0) is 66.0 Å². The summed E-state index contributed by atoms with van der Waals surface area (Å²) in [5.41, 5.74) is -2.53. The first-order chi connectivity index (χ1) is 25.4. The molecule has 0 unspecified atom stereocenters. The number of nitrogens with one attached hydrogen (secondary N) is 1. The number of hydrogen-bond donors (Lipinski definition) is 1. The maximum absolute atomic E-state index is 15.0. The molecular formula is C36H37ClF5N9O3. The van der Waals surface area contributed by atoms with Gasteiger partial charge in [0.1, 0.15) is 24.3 Å².